The van der Waals surface area contributed by atoms with E-state index in [9.17, 15) is 4.79 Å². The molecule has 2 nitrogen and oxygen atoms in total. The molecule has 17 heavy (non-hydrogen) atoms. The summed E-state index contributed by atoms with van der Waals surface area (Å²) in [6.45, 7) is 0. The van der Waals surface area contributed by atoms with Crippen LogP contribution >= 0.6 is 31.9 Å². The summed E-state index contributed by atoms with van der Waals surface area (Å²) in [7, 11) is 0. The standard InChI is InChI=1S/C13H8Br2O2/c14-10-3-1-9(2-4-10)12(16)7-5-11-6-8-13(15)17-11/h1-8H/b7-5+. The molecular formula is C13H8Br2O2. The second-order valence-electron chi connectivity index (χ2n) is 3.35. The predicted octanol–water partition coefficient (Wildman–Crippen LogP) is 4.70. The van der Waals surface area contributed by atoms with Gasteiger partial charge >= 0.3 is 0 Å². The zero-order chi connectivity index (χ0) is 12.3. The van der Waals surface area contributed by atoms with Crippen molar-refractivity contribution in [2.45, 2.75) is 0 Å². The molecule has 2 aromatic rings. The fraction of sp³-hybridized carbons (Fsp3) is 0. The zero-order valence-electron chi connectivity index (χ0n) is 8.69. The number of allylic oxidation sites excluding steroid dienone is 1. The van der Waals surface area contributed by atoms with Crippen LogP contribution < -0.4 is 0 Å². The molecule has 1 aromatic carbocycles. The SMILES string of the molecule is O=C(/C=C/c1ccc(Br)o1)c1ccc(Br)cc1. The Balaban J connectivity index is 2.11. The zero-order valence-corrected chi connectivity index (χ0v) is 11.9. The lowest BCUT2D eigenvalue weighted by molar-refractivity contribution is 0.104. The number of hydrogen-bond acceptors (Lipinski definition) is 2. The van der Waals surface area contributed by atoms with Crippen molar-refractivity contribution in [1.82, 2.24) is 0 Å². The molecule has 0 fully saturated rings. The lowest BCUT2D eigenvalue weighted by atomic mass is 10.1. The van der Waals surface area contributed by atoms with E-state index < -0.39 is 0 Å². The van der Waals surface area contributed by atoms with Gasteiger partial charge in [0.2, 0.25) is 0 Å². The van der Waals surface area contributed by atoms with Crippen LogP contribution in [0.3, 0.4) is 0 Å². The highest BCUT2D eigenvalue weighted by molar-refractivity contribution is 9.10. The molecule has 0 radical (unpaired) electrons. The summed E-state index contributed by atoms with van der Waals surface area (Å²) in [4.78, 5) is 11.8. The van der Waals surface area contributed by atoms with E-state index in [0.29, 0.717) is 16.0 Å². The van der Waals surface area contributed by atoms with Gasteiger partial charge in [-0.2, -0.15) is 0 Å². The van der Waals surface area contributed by atoms with Gasteiger partial charge in [0, 0.05) is 10.0 Å². The third kappa shape index (κ3) is 3.41. The van der Waals surface area contributed by atoms with Crippen molar-refractivity contribution >= 4 is 43.7 Å². The maximum absolute atomic E-state index is 11.8. The molecule has 2 rings (SSSR count). The molecule has 0 aliphatic rings. The van der Waals surface area contributed by atoms with Crippen molar-refractivity contribution in [3.05, 3.63) is 62.9 Å². The quantitative estimate of drug-likeness (QED) is 0.590. The van der Waals surface area contributed by atoms with Crippen LogP contribution in [0.15, 0.2) is 56.0 Å². The molecule has 0 saturated heterocycles. The van der Waals surface area contributed by atoms with Gasteiger partial charge in [0.25, 0.3) is 0 Å². The average Bonchev–Trinajstić information content (AvgIpc) is 2.73. The van der Waals surface area contributed by atoms with E-state index in [0.717, 1.165) is 4.47 Å². The first-order valence-corrected chi connectivity index (χ1v) is 6.47. The summed E-state index contributed by atoms with van der Waals surface area (Å²) in [5.74, 6) is 0.590. The Labute approximate surface area is 116 Å². The molecule has 0 atom stereocenters. The van der Waals surface area contributed by atoms with Crippen molar-refractivity contribution in [2.75, 3.05) is 0 Å². The molecule has 0 amide bonds. The van der Waals surface area contributed by atoms with Crippen molar-refractivity contribution in [2.24, 2.45) is 0 Å². The Morgan fingerprint density at radius 2 is 1.76 bits per heavy atom. The molecular weight excluding hydrogens is 348 g/mol. The number of hydrogen-bond donors (Lipinski definition) is 0. The van der Waals surface area contributed by atoms with Gasteiger partial charge in [0.05, 0.1) is 0 Å². The van der Waals surface area contributed by atoms with Crippen LogP contribution in [0.4, 0.5) is 0 Å². The monoisotopic (exact) mass is 354 g/mol. The number of rotatable bonds is 3. The normalized spacial score (nSPS) is 10.9. The largest absolute Gasteiger partial charge is 0.450 e. The van der Waals surface area contributed by atoms with Gasteiger partial charge < -0.3 is 4.42 Å². The molecule has 0 aliphatic carbocycles. The van der Waals surface area contributed by atoms with Gasteiger partial charge in [-0.3, -0.25) is 4.79 Å². The van der Waals surface area contributed by atoms with Crippen LogP contribution in [0.5, 0.6) is 0 Å². The highest BCUT2D eigenvalue weighted by Gasteiger charge is 2.01. The summed E-state index contributed by atoms with van der Waals surface area (Å²) < 4.78 is 6.86. The van der Waals surface area contributed by atoms with E-state index in [1.54, 1.807) is 30.3 Å². The first-order valence-electron chi connectivity index (χ1n) is 4.88. The maximum atomic E-state index is 11.8. The Morgan fingerprint density at radius 3 is 2.35 bits per heavy atom. The van der Waals surface area contributed by atoms with Crippen molar-refractivity contribution in [1.29, 1.82) is 0 Å². The summed E-state index contributed by atoms with van der Waals surface area (Å²) in [6.07, 6.45) is 3.14. The molecule has 0 unspecified atom stereocenters. The number of carbonyl (C=O) groups excluding carboxylic acids is 1. The second kappa shape index (κ2) is 5.47. The molecule has 4 heteroatoms. The third-order valence-corrected chi connectivity index (χ3v) is 3.08. The first-order chi connectivity index (χ1) is 8.15. The molecule has 0 saturated carbocycles. The number of ketones is 1. The summed E-state index contributed by atoms with van der Waals surface area (Å²) in [5, 5.41) is 0. The van der Waals surface area contributed by atoms with Gasteiger partial charge in [-0.25, -0.2) is 0 Å². The number of halogens is 2. The van der Waals surface area contributed by atoms with Gasteiger partial charge in [-0.05, 0) is 64.5 Å². The maximum Gasteiger partial charge on any atom is 0.185 e. The van der Waals surface area contributed by atoms with E-state index in [4.69, 9.17) is 4.42 Å². The Bertz CT molecular complexity index is 553. The number of carbonyl (C=O) groups is 1. The predicted molar refractivity (Wildman–Crippen MR) is 73.9 cm³/mol. The molecule has 0 aliphatic heterocycles. The fourth-order valence-electron chi connectivity index (χ4n) is 1.29. The molecule has 0 spiro atoms. The highest BCUT2D eigenvalue weighted by atomic mass is 79.9. The fourth-order valence-corrected chi connectivity index (χ4v) is 1.87. The molecule has 0 bridgehead atoms. The molecule has 1 heterocycles. The summed E-state index contributed by atoms with van der Waals surface area (Å²) >= 11 is 6.52. The first kappa shape index (κ1) is 12.3. The lowest BCUT2D eigenvalue weighted by Crippen LogP contribution is -1.92. The van der Waals surface area contributed by atoms with E-state index >= 15 is 0 Å². The van der Waals surface area contributed by atoms with Crippen LogP contribution in [0.25, 0.3) is 6.08 Å². The van der Waals surface area contributed by atoms with Gasteiger partial charge in [-0.1, -0.05) is 15.9 Å². The van der Waals surface area contributed by atoms with E-state index in [2.05, 4.69) is 31.9 Å². The molecule has 1 aromatic heterocycles. The van der Waals surface area contributed by atoms with Crippen molar-refractivity contribution in [3.63, 3.8) is 0 Å². The smallest absolute Gasteiger partial charge is 0.185 e. The Kier molecular flexibility index (Phi) is 3.97. The van der Waals surface area contributed by atoms with E-state index in [-0.39, 0.29) is 5.78 Å². The van der Waals surface area contributed by atoms with E-state index in [1.165, 1.54) is 6.08 Å². The van der Waals surface area contributed by atoms with Crippen molar-refractivity contribution < 1.29 is 9.21 Å². The number of benzene rings is 1. The van der Waals surface area contributed by atoms with Crippen LogP contribution in [-0.4, -0.2) is 5.78 Å². The van der Waals surface area contributed by atoms with Crippen LogP contribution in [-0.2, 0) is 0 Å². The topological polar surface area (TPSA) is 30.2 Å². The van der Waals surface area contributed by atoms with Crippen LogP contribution in [0.2, 0.25) is 0 Å². The van der Waals surface area contributed by atoms with Crippen LogP contribution in [0, 0.1) is 0 Å². The van der Waals surface area contributed by atoms with Gasteiger partial charge in [0.1, 0.15) is 5.76 Å². The molecule has 0 N–H and O–H groups in total. The molecule has 86 valence electrons. The Morgan fingerprint density at radius 1 is 1.06 bits per heavy atom. The average molecular weight is 356 g/mol. The Hall–Kier alpha value is -1.13. The second-order valence-corrected chi connectivity index (χ2v) is 5.04. The minimum Gasteiger partial charge on any atom is -0.450 e. The minimum atomic E-state index is -0.0509. The summed E-state index contributed by atoms with van der Waals surface area (Å²) in [5.41, 5.74) is 0.648. The van der Waals surface area contributed by atoms with Gasteiger partial charge in [-0.15, -0.1) is 0 Å². The minimum absolute atomic E-state index is 0.0509. The summed E-state index contributed by atoms with van der Waals surface area (Å²) in [6, 6.07) is 10.8. The van der Waals surface area contributed by atoms with Crippen molar-refractivity contribution in [3.8, 4) is 0 Å². The van der Waals surface area contributed by atoms with Crippen LogP contribution in [0.1, 0.15) is 16.1 Å². The number of furan rings is 1. The third-order valence-electron chi connectivity index (χ3n) is 2.12. The highest BCUT2D eigenvalue weighted by Crippen LogP contribution is 2.16. The lowest BCUT2D eigenvalue weighted by Gasteiger charge is -1.95. The van der Waals surface area contributed by atoms with E-state index in [1.807, 2.05) is 12.1 Å². The van der Waals surface area contributed by atoms with Gasteiger partial charge in [0.15, 0.2) is 10.5 Å².